The molecule has 0 aliphatic heterocycles. The molecule has 0 radical (unpaired) electrons. The monoisotopic (exact) mass is 473 g/mol. The van der Waals surface area contributed by atoms with Crippen LogP contribution in [0.25, 0.3) is 0 Å². The molecule has 5 nitrogen and oxygen atoms in total. The van der Waals surface area contributed by atoms with Crippen LogP contribution in [0.5, 0.6) is 0 Å². The van der Waals surface area contributed by atoms with Crippen LogP contribution in [0.1, 0.15) is 22.0 Å². The summed E-state index contributed by atoms with van der Waals surface area (Å²) in [5, 5.41) is 7.83. The number of rotatable bonds is 7. The van der Waals surface area contributed by atoms with Crippen molar-refractivity contribution in [2.45, 2.75) is 26.8 Å². The van der Waals surface area contributed by atoms with Crippen molar-refractivity contribution in [1.82, 2.24) is 15.6 Å². The summed E-state index contributed by atoms with van der Waals surface area (Å²) in [6.07, 6.45) is 1.05. The largest absolute Gasteiger partial charge is 0.375 e. The molecule has 2 rings (SSSR count). The van der Waals surface area contributed by atoms with Crippen molar-refractivity contribution in [2.24, 2.45) is 4.99 Å². The standard InChI is InChI=1S/C18H27N5S.HI/c1-14-17(24-15(2)22-14)13-21-18(19-3)20-11-8-12-23(4)16-9-6-5-7-10-16;/h5-7,9-10H,8,11-13H2,1-4H3,(H2,19,20,21);1H. The number of benzene rings is 1. The second-order valence-electron chi connectivity index (χ2n) is 5.70. The van der Waals surface area contributed by atoms with E-state index < -0.39 is 0 Å². The van der Waals surface area contributed by atoms with E-state index in [9.17, 15) is 0 Å². The fourth-order valence-corrected chi connectivity index (χ4v) is 3.33. The fraction of sp³-hybridized carbons (Fsp3) is 0.444. The quantitative estimate of drug-likeness (QED) is 0.280. The second-order valence-corrected chi connectivity index (χ2v) is 6.99. The van der Waals surface area contributed by atoms with Gasteiger partial charge in [0, 0.05) is 37.7 Å². The van der Waals surface area contributed by atoms with Crippen molar-refractivity contribution in [2.75, 3.05) is 32.1 Å². The molecule has 0 saturated heterocycles. The van der Waals surface area contributed by atoms with Crippen LogP contribution in [0.3, 0.4) is 0 Å². The second kappa shape index (κ2) is 11.3. The molecule has 1 aromatic heterocycles. The van der Waals surface area contributed by atoms with E-state index in [0.29, 0.717) is 0 Å². The Kier molecular flexibility index (Phi) is 9.81. The van der Waals surface area contributed by atoms with Gasteiger partial charge in [0.25, 0.3) is 0 Å². The molecule has 0 atom stereocenters. The molecule has 0 unspecified atom stereocenters. The number of anilines is 1. The lowest BCUT2D eigenvalue weighted by Crippen LogP contribution is -2.38. The van der Waals surface area contributed by atoms with Gasteiger partial charge in [-0.2, -0.15) is 0 Å². The van der Waals surface area contributed by atoms with Gasteiger partial charge in [-0.15, -0.1) is 35.3 Å². The molecule has 0 fully saturated rings. The summed E-state index contributed by atoms with van der Waals surface area (Å²) < 4.78 is 0. The van der Waals surface area contributed by atoms with E-state index in [-0.39, 0.29) is 24.0 Å². The zero-order valence-electron chi connectivity index (χ0n) is 15.4. The van der Waals surface area contributed by atoms with Gasteiger partial charge in [0.2, 0.25) is 0 Å². The van der Waals surface area contributed by atoms with E-state index in [2.05, 4.69) is 63.7 Å². The molecular weight excluding hydrogens is 445 g/mol. The number of hydrogen-bond donors (Lipinski definition) is 2. The normalized spacial score (nSPS) is 11.0. The Labute approximate surface area is 172 Å². The van der Waals surface area contributed by atoms with Crippen LogP contribution in [0.15, 0.2) is 35.3 Å². The number of para-hydroxylation sites is 1. The van der Waals surface area contributed by atoms with Gasteiger partial charge in [-0.3, -0.25) is 4.99 Å². The summed E-state index contributed by atoms with van der Waals surface area (Å²) in [5.41, 5.74) is 2.35. The SMILES string of the molecule is CN=C(NCCCN(C)c1ccccc1)NCc1sc(C)nc1C.I. The van der Waals surface area contributed by atoms with Gasteiger partial charge in [0.15, 0.2) is 5.96 Å². The Bertz CT molecular complexity index is 657. The highest BCUT2D eigenvalue weighted by Crippen LogP contribution is 2.16. The van der Waals surface area contributed by atoms with Crippen molar-refractivity contribution < 1.29 is 0 Å². The molecule has 138 valence electrons. The van der Waals surface area contributed by atoms with Crippen molar-refractivity contribution >= 4 is 47.0 Å². The summed E-state index contributed by atoms with van der Waals surface area (Å²) >= 11 is 1.73. The molecule has 7 heteroatoms. The van der Waals surface area contributed by atoms with Gasteiger partial charge in [-0.1, -0.05) is 18.2 Å². The molecular formula is C18H28IN5S. The summed E-state index contributed by atoms with van der Waals surface area (Å²) in [4.78, 5) is 12.3. The first kappa shape index (κ1) is 21.7. The fourth-order valence-electron chi connectivity index (χ4n) is 2.46. The van der Waals surface area contributed by atoms with E-state index in [0.717, 1.165) is 42.7 Å². The summed E-state index contributed by atoms with van der Waals surface area (Å²) in [6.45, 7) is 6.74. The number of halogens is 1. The average Bonchev–Trinajstić information content (AvgIpc) is 2.92. The highest BCUT2D eigenvalue weighted by Gasteiger charge is 2.06. The van der Waals surface area contributed by atoms with Gasteiger partial charge in [-0.05, 0) is 32.4 Å². The maximum absolute atomic E-state index is 4.45. The van der Waals surface area contributed by atoms with Crippen LogP contribution in [-0.2, 0) is 6.54 Å². The highest BCUT2D eigenvalue weighted by molar-refractivity contribution is 14.0. The maximum atomic E-state index is 4.45. The number of aromatic nitrogens is 1. The molecule has 0 amide bonds. The Morgan fingerprint density at radius 2 is 1.92 bits per heavy atom. The first-order chi connectivity index (χ1) is 11.6. The van der Waals surface area contributed by atoms with Crippen molar-refractivity contribution in [3.63, 3.8) is 0 Å². The number of aryl methyl sites for hydroxylation is 2. The Morgan fingerprint density at radius 3 is 2.52 bits per heavy atom. The van der Waals surface area contributed by atoms with Crippen LogP contribution in [0.2, 0.25) is 0 Å². The van der Waals surface area contributed by atoms with E-state index >= 15 is 0 Å². The number of aliphatic imine (C=N–C) groups is 1. The molecule has 0 spiro atoms. The zero-order valence-corrected chi connectivity index (χ0v) is 18.5. The topological polar surface area (TPSA) is 52.6 Å². The molecule has 2 N–H and O–H groups in total. The van der Waals surface area contributed by atoms with E-state index in [1.165, 1.54) is 10.6 Å². The molecule has 1 heterocycles. The summed E-state index contributed by atoms with van der Waals surface area (Å²) in [5.74, 6) is 0.836. The molecule has 2 aromatic rings. The van der Waals surface area contributed by atoms with Gasteiger partial charge < -0.3 is 15.5 Å². The minimum Gasteiger partial charge on any atom is -0.375 e. The molecule has 0 saturated carbocycles. The van der Waals surface area contributed by atoms with E-state index in [1.807, 2.05) is 13.0 Å². The van der Waals surface area contributed by atoms with Crippen LogP contribution < -0.4 is 15.5 Å². The van der Waals surface area contributed by atoms with Crippen LogP contribution in [0.4, 0.5) is 5.69 Å². The Hall–Kier alpha value is -1.35. The van der Waals surface area contributed by atoms with Gasteiger partial charge in [0.05, 0.1) is 17.2 Å². The number of thiazole rings is 1. The third-order valence-corrected chi connectivity index (χ3v) is 4.87. The number of nitrogens with zero attached hydrogens (tertiary/aromatic N) is 3. The van der Waals surface area contributed by atoms with Crippen LogP contribution in [0, 0.1) is 13.8 Å². The van der Waals surface area contributed by atoms with Gasteiger partial charge >= 0.3 is 0 Å². The third-order valence-electron chi connectivity index (χ3n) is 3.80. The molecule has 1 aromatic carbocycles. The van der Waals surface area contributed by atoms with Crippen molar-refractivity contribution in [1.29, 1.82) is 0 Å². The molecule has 0 aliphatic rings. The average molecular weight is 473 g/mol. The predicted molar refractivity (Wildman–Crippen MR) is 120 cm³/mol. The minimum absolute atomic E-state index is 0. The molecule has 0 bridgehead atoms. The first-order valence-corrected chi connectivity index (χ1v) is 9.05. The lowest BCUT2D eigenvalue weighted by Gasteiger charge is -2.19. The summed E-state index contributed by atoms with van der Waals surface area (Å²) in [6, 6.07) is 10.4. The lowest BCUT2D eigenvalue weighted by molar-refractivity contribution is 0.730. The smallest absolute Gasteiger partial charge is 0.191 e. The number of nitrogens with one attached hydrogen (secondary N) is 2. The predicted octanol–water partition coefficient (Wildman–Crippen LogP) is 3.57. The lowest BCUT2D eigenvalue weighted by atomic mass is 10.3. The molecule has 0 aliphatic carbocycles. The number of hydrogen-bond acceptors (Lipinski definition) is 4. The van der Waals surface area contributed by atoms with Crippen LogP contribution >= 0.6 is 35.3 Å². The van der Waals surface area contributed by atoms with E-state index in [1.54, 1.807) is 18.4 Å². The summed E-state index contributed by atoms with van der Waals surface area (Å²) in [7, 11) is 3.92. The third kappa shape index (κ3) is 7.19. The number of guanidine groups is 1. The Balaban J connectivity index is 0.00000312. The maximum Gasteiger partial charge on any atom is 0.191 e. The minimum atomic E-state index is 0. The van der Waals surface area contributed by atoms with Crippen molar-refractivity contribution in [3.8, 4) is 0 Å². The van der Waals surface area contributed by atoms with Crippen LogP contribution in [-0.4, -0.2) is 38.1 Å². The van der Waals surface area contributed by atoms with Gasteiger partial charge in [0.1, 0.15) is 0 Å². The van der Waals surface area contributed by atoms with E-state index in [4.69, 9.17) is 0 Å². The van der Waals surface area contributed by atoms with Crippen molar-refractivity contribution in [3.05, 3.63) is 45.9 Å². The first-order valence-electron chi connectivity index (χ1n) is 8.23. The zero-order chi connectivity index (χ0) is 17.4. The highest BCUT2D eigenvalue weighted by atomic mass is 127. The van der Waals surface area contributed by atoms with Gasteiger partial charge in [-0.25, -0.2) is 4.98 Å². The molecule has 25 heavy (non-hydrogen) atoms. The Morgan fingerprint density at radius 1 is 1.20 bits per heavy atom.